The van der Waals surface area contributed by atoms with Gasteiger partial charge in [0.05, 0.1) is 25.1 Å². The molecule has 32 heavy (non-hydrogen) atoms. The number of aromatic nitrogens is 1. The average Bonchev–Trinajstić information content (AvgIpc) is 2.84. The average molecular weight is 438 g/mol. The summed E-state index contributed by atoms with van der Waals surface area (Å²) in [5, 5.41) is 3.08. The topological polar surface area (TPSA) is 60.9 Å². The number of pyridine rings is 1. The summed E-state index contributed by atoms with van der Waals surface area (Å²) < 4.78 is 5.41. The normalized spacial score (nSPS) is 19.5. The lowest BCUT2D eigenvalue weighted by Gasteiger charge is -2.39. The van der Waals surface area contributed by atoms with E-state index in [0.29, 0.717) is 0 Å². The summed E-state index contributed by atoms with van der Waals surface area (Å²) in [5.41, 5.74) is 2.07. The van der Waals surface area contributed by atoms with Crippen LogP contribution in [0.3, 0.4) is 0 Å². The third kappa shape index (κ3) is 5.99. The van der Waals surface area contributed by atoms with Gasteiger partial charge in [0.15, 0.2) is 0 Å². The monoisotopic (exact) mass is 437 g/mol. The number of nitrogens with one attached hydrogen (secondary N) is 1. The molecule has 2 saturated heterocycles. The fourth-order valence-corrected chi connectivity index (χ4v) is 4.60. The van der Waals surface area contributed by atoms with Gasteiger partial charge < -0.3 is 19.9 Å². The van der Waals surface area contributed by atoms with Gasteiger partial charge in [-0.1, -0.05) is 37.3 Å². The molecule has 2 aliphatic heterocycles. The van der Waals surface area contributed by atoms with Crippen molar-refractivity contribution in [3.8, 4) is 0 Å². The lowest BCUT2D eigenvalue weighted by Crippen LogP contribution is -2.51. The second-order valence-electron chi connectivity index (χ2n) is 8.64. The minimum absolute atomic E-state index is 0.0284. The SMILES string of the molecule is CCCN(C(=O)Nc1ccc(N2CCOCC2)nc1)C1CCCN(Cc2ccccc2)C1. The molecule has 7 heteroatoms. The molecule has 172 valence electrons. The summed E-state index contributed by atoms with van der Waals surface area (Å²) in [6.45, 7) is 8.98. The molecule has 1 N–H and O–H groups in total. The zero-order chi connectivity index (χ0) is 22.2. The maximum atomic E-state index is 13.2. The number of likely N-dealkylation sites (tertiary alicyclic amines) is 1. The highest BCUT2D eigenvalue weighted by atomic mass is 16.5. The predicted molar refractivity (Wildman–Crippen MR) is 128 cm³/mol. The van der Waals surface area contributed by atoms with Crippen molar-refractivity contribution in [3.05, 3.63) is 54.2 Å². The van der Waals surface area contributed by atoms with E-state index < -0.39 is 0 Å². The van der Waals surface area contributed by atoms with E-state index in [-0.39, 0.29) is 12.1 Å². The summed E-state index contributed by atoms with van der Waals surface area (Å²) in [7, 11) is 0. The molecule has 2 aromatic rings. The Hall–Kier alpha value is -2.64. The smallest absolute Gasteiger partial charge is 0.322 e. The quantitative estimate of drug-likeness (QED) is 0.713. The predicted octanol–water partition coefficient (Wildman–Crippen LogP) is 3.83. The van der Waals surface area contributed by atoms with E-state index in [1.54, 1.807) is 6.20 Å². The first-order valence-electron chi connectivity index (χ1n) is 11.9. The van der Waals surface area contributed by atoms with Crippen LogP contribution in [0.25, 0.3) is 0 Å². The molecule has 4 rings (SSSR count). The minimum Gasteiger partial charge on any atom is -0.378 e. The highest BCUT2D eigenvalue weighted by molar-refractivity contribution is 5.89. The van der Waals surface area contributed by atoms with Crippen molar-refractivity contribution in [2.24, 2.45) is 0 Å². The van der Waals surface area contributed by atoms with Crippen LogP contribution in [0.2, 0.25) is 0 Å². The van der Waals surface area contributed by atoms with Gasteiger partial charge in [-0.3, -0.25) is 4.90 Å². The molecule has 2 aliphatic rings. The number of urea groups is 1. The van der Waals surface area contributed by atoms with Crippen LogP contribution in [0.5, 0.6) is 0 Å². The van der Waals surface area contributed by atoms with Crippen LogP contribution in [0.1, 0.15) is 31.7 Å². The first-order valence-corrected chi connectivity index (χ1v) is 11.9. The van der Waals surface area contributed by atoms with Crippen molar-refractivity contribution in [1.82, 2.24) is 14.8 Å². The van der Waals surface area contributed by atoms with Crippen LogP contribution in [-0.4, -0.2) is 72.8 Å². The van der Waals surface area contributed by atoms with Crippen LogP contribution in [-0.2, 0) is 11.3 Å². The first kappa shape index (κ1) is 22.6. The van der Waals surface area contributed by atoms with Gasteiger partial charge in [0, 0.05) is 38.8 Å². The van der Waals surface area contributed by atoms with Crippen LogP contribution in [0.4, 0.5) is 16.3 Å². The van der Waals surface area contributed by atoms with Gasteiger partial charge in [0.1, 0.15) is 5.82 Å². The molecule has 0 radical (unpaired) electrons. The molecular weight excluding hydrogens is 402 g/mol. The Morgan fingerprint density at radius 3 is 2.69 bits per heavy atom. The minimum atomic E-state index is -0.0284. The van der Waals surface area contributed by atoms with Crippen LogP contribution >= 0.6 is 0 Å². The fraction of sp³-hybridized carbons (Fsp3) is 0.520. The second kappa shape index (κ2) is 11.3. The zero-order valence-electron chi connectivity index (χ0n) is 19.1. The summed E-state index contributed by atoms with van der Waals surface area (Å²) >= 11 is 0. The Kier molecular flexibility index (Phi) is 7.96. The molecule has 1 aromatic carbocycles. The second-order valence-corrected chi connectivity index (χ2v) is 8.64. The van der Waals surface area contributed by atoms with Crippen molar-refractivity contribution in [1.29, 1.82) is 0 Å². The van der Waals surface area contributed by atoms with Gasteiger partial charge in [-0.2, -0.15) is 0 Å². The highest BCUT2D eigenvalue weighted by Crippen LogP contribution is 2.21. The van der Waals surface area contributed by atoms with Gasteiger partial charge in [-0.05, 0) is 43.5 Å². The Morgan fingerprint density at radius 1 is 1.16 bits per heavy atom. The van der Waals surface area contributed by atoms with Crippen LogP contribution in [0.15, 0.2) is 48.7 Å². The maximum Gasteiger partial charge on any atom is 0.322 e. The number of piperidine rings is 1. The summed E-state index contributed by atoms with van der Waals surface area (Å²) in [6.07, 6.45) is 4.86. The Balaban J connectivity index is 1.36. The first-order chi connectivity index (χ1) is 15.7. The molecule has 2 amide bonds. The molecule has 7 nitrogen and oxygen atoms in total. The van der Waals surface area contributed by atoms with Gasteiger partial charge in [-0.15, -0.1) is 0 Å². The number of carbonyl (C=O) groups excluding carboxylic acids is 1. The number of anilines is 2. The van der Waals surface area contributed by atoms with Gasteiger partial charge >= 0.3 is 6.03 Å². The number of nitrogens with zero attached hydrogens (tertiary/aromatic N) is 4. The van der Waals surface area contributed by atoms with E-state index in [2.05, 4.69) is 57.4 Å². The largest absolute Gasteiger partial charge is 0.378 e. The number of hydrogen-bond acceptors (Lipinski definition) is 5. The number of morpholine rings is 1. The summed E-state index contributed by atoms with van der Waals surface area (Å²) in [4.78, 5) is 24.5. The third-order valence-electron chi connectivity index (χ3n) is 6.23. The van der Waals surface area contributed by atoms with Gasteiger partial charge in [0.2, 0.25) is 0 Å². The molecule has 2 fully saturated rings. The molecule has 0 spiro atoms. The van der Waals surface area contributed by atoms with E-state index in [4.69, 9.17) is 4.74 Å². The standard InChI is InChI=1S/C25H35N5O2/c1-2-12-30(23-9-6-13-28(20-23)19-21-7-4-3-5-8-21)25(31)27-22-10-11-24(26-18-22)29-14-16-32-17-15-29/h3-5,7-8,10-11,18,23H,2,6,9,12-17,19-20H2,1H3,(H,27,31). The summed E-state index contributed by atoms with van der Waals surface area (Å²) in [6, 6.07) is 14.7. The van der Waals surface area contributed by atoms with Gasteiger partial charge in [-0.25, -0.2) is 9.78 Å². The van der Waals surface area contributed by atoms with Gasteiger partial charge in [0.25, 0.3) is 0 Å². The van der Waals surface area contributed by atoms with Crippen molar-refractivity contribution in [2.75, 3.05) is 56.2 Å². The number of benzene rings is 1. The molecule has 1 unspecified atom stereocenters. The van der Waals surface area contributed by atoms with E-state index >= 15 is 0 Å². The van der Waals surface area contributed by atoms with Crippen molar-refractivity contribution >= 4 is 17.5 Å². The van der Waals surface area contributed by atoms with E-state index in [0.717, 1.165) is 83.3 Å². The number of hydrogen-bond donors (Lipinski definition) is 1. The molecule has 0 saturated carbocycles. The number of carbonyl (C=O) groups is 1. The zero-order valence-corrected chi connectivity index (χ0v) is 19.1. The van der Waals surface area contributed by atoms with Crippen molar-refractivity contribution in [3.63, 3.8) is 0 Å². The van der Waals surface area contributed by atoms with E-state index in [1.807, 2.05) is 17.0 Å². The Bertz CT molecular complexity index is 839. The number of rotatable bonds is 7. The Morgan fingerprint density at radius 2 is 1.97 bits per heavy atom. The van der Waals surface area contributed by atoms with Crippen LogP contribution in [0, 0.1) is 0 Å². The molecule has 1 atom stereocenters. The molecular formula is C25H35N5O2. The molecule has 0 bridgehead atoms. The van der Waals surface area contributed by atoms with E-state index in [1.165, 1.54) is 5.56 Å². The van der Waals surface area contributed by atoms with Crippen molar-refractivity contribution < 1.29 is 9.53 Å². The van der Waals surface area contributed by atoms with E-state index in [9.17, 15) is 4.79 Å². The highest BCUT2D eigenvalue weighted by Gasteiger charge is 2.28. The molecule has 1 aromatic heterocycles. The lowest BCUT2D eigenvalue weighted by atomic mass is 10.0. The fourth-order valence-electron chi connectivity index (χ4n) is 4.60. The Labute approximate surface area is 191 Å². The summed E-state index contributed by atoms with van der Waals surface area (Å²) in [5.74, 6) is 0.931. The third-order valence-corrected chi connectivity index (χ3v) is 6.23. The molecule has 0 aliphatic carbocycles. The number of amides is 2. The van der Waals surface area contributed by atoms with Crippen molar-refractivity contribution in [2.45, 2.75) is 38.8 Å². The number of ether oxygens (including phenoxy) is 1. The molecule has 3 heterocycles. The van der Waals surface area contributed by atoms with Crippen LogP contribution < -0.4 is 10.2 Å². The maximum absolute atomic E-state index is 13.2. The lowest BCUT2D eigenvalue weighted by molar-refractivity contribution is 0.113.